The van der Waals surface area contributed by atoms with Crippen molar-refractivity contribution in [1.82, 2.24) is 14.8 Å². The lowest BCUT2D eigenvalue weighted by Crippen LogP contribution is -2.41. The van der Waals surface area contributed by atoms with Crippen molar-refractivity contribution in [2.45, 2.75) is 31.7 Å². The minimum atomic E-state index is -0.379. The monoisotopic (exact) mass is 322 g/mol. The maximum Gasteiger partial charge on any atom is 0.314 e. The van der Waals surface area contributed by atoms with Gasteiger partial charge in [0.15, 0.2) is 11.9 Å². The summed E-state index contributed by atoms with van der Waals surface area (Å²) < 4.78 is 5.77. The number of hydrogen-bond acceptors (Lipinski definition) is 6. The van der Waals surface area contributed by atoms with Crippen LogP contribution in [0.4, 0.5) is 0 Å². The Hall–Kier alpha value is -1.86. The largest absolute Gasteiger partial charge is 0.347 e. The molecule has 2 saturated heterocycles. The molecule has 116 valence electrons. The fourth-order valence-corrected chi connectivity index (χ4v) is 3.59. The van der Waals surface area contributed by atoms with Crippen LogP contribution in [0.2, 0.25) is 5.15 Å². The van der Waals surface area contributed by atoms with Gasteiger partial charge in [0.25, 0.3) is 0 Å². The van der Waals surface area contributed by atoms with Gasteiger partial charge in [0, 0.05) is 25.8 Å². The Morgan fingerprint density at radius 2 is 2.27 bits per heavy atom. The van der Waals surface area contributed by atoms with E-state index in [1.165, 1.54) is 0 Å². The van der Waals surface area contributed by atoms with Gasteiger partial charge >= 0.3 is 5.70 Å². The van der Waals surface area contributed by atoms with Crippen LogP contribution >= 0.6 is 11.6 Å². The van der Waals surface area contributed by atoms with Crippen LogP contribution in [-0.4, -0.2) is 45.1 Å². The van der Waals surface area contributed by atoms with Gasteiger partial charge < -0.3 is 14.5 Å². The minimum Gasteiger partial charge on any atom is -0.347 e. The molecule has 0 spiro atoms. The SMILES string of the molecule is O=[N+]([O-])C1=C2N(Cc3ccc(Cl)nc3)CCN2[C@H]2CC[C@@H]1O2. The van der Waals surface area contributed by atoms with E-state index in [9.17, 15) is 10.1 Å². The third kappa shape index (κ3) is 2.12. The van der Waals surface area contributed by atoms with Crippen molar-refractivity contribution >= 4 is 11.6 Å². The minimum absolute atomic E-state index is 0.0166. The summed E-state index contributed by atoms with van der Waals surface area (Å²) in [6.07, 6.45) is 2.89. The van der Waals surface area contributed by atoms with Gasteiger partial charge in [0.1, 0.15) is 11.4 Å². The maximum absolute atomic E-state index is 11.5. The van der Waals surface area contributed by atoms with Crippen molar-refractivity contribution in [1.29, 1.82) is 0 Å². The van der Waals surface area contributed by atoms with Gasteiger partial charge in [0.05, 0.1) is 4.92 Å². The van der Waals surface area contributed by atoms with Gasteiger partial charge in [-0.3, -0.25) is 10.1 Å². The molecule has 0 aromatic carbocycles. The topological polar surface area (TPSA) is 71.7 Å². The van der Waals surface area contributed by atoms with Crippen LogP contribution in [0.1, 0.15) is 18.4 Å². The number of fused-ring (bicyclic) bond motifs is 4. The van der Waals surface area contributed by atoms with E-state index in [4.69, 9.17) is 16.3 Å². The van der Waals surface area contributed by atoms with Crippen LogP contribution in [-0.2, 0) is 11.3 Å². The molecule has 0 amide bonds. The lowest BCUT2D eigenvalue weighted by Gasteiger charge is -2.32. The van der Waals surface area contributed by atoms with Gasteiger partial charge in [-0.25, -0.2) is 4.98 Å². The highest BCUT2D eigenvalue weighted by Gasteiger charge is 2.50. The molecule has 3 aliphatic heterocycles. The van der Waals surface area contributed by atoms with E-state index < -0.39 is 0 Å². The van der Waals surface area contributed by atoms with Crippen LogP contribution in [0.25, 0.3) is 0 Å². The predicted molar refractivity (Wildman–Crippen MR) is 78.3 cm³/mol. The molecular formula is C14H15ClN4O3. The normalized spacial score (nSPS) is 26.6. The van der Waals surface area contributed by atoms with Crippen molar-refractivity contribution < 1.29 is 9.66 Å². The molecule has 0 aliphatic carbocycles. The zero-order valence-electron chi connectivity index (χ0n) is 11.8. The Morgan fingerprint density at radius 1 is 1.41 bits per heavy atom. The first-order chi connectivity index (χ1) is 10.6. The summed E-state index contributed by atoms with van der Waals surface area (Å²) in [6, 6.07) is 3.64. The van der Waals surface area contributed by atoms with Crippen LogP contribution in [0.15, 0.2) is 29.8 Å². The van der Waals surface area contributed by atoms with Crippen molar-refractivity contribution in [3.8, 4) is 0 Å². The second-order valence-electron chi connectivity index (χ2n) is 5.73. The number of nitro groups is 1. The first-order valence-corrected chi connectivity index (χ1v) is 7.67. The van der Waals surface area contributed by atoms with E-state index in [2.05, 4.69) is 9.88 Å². The quantitative estimate of drug-likeness (QED) is 0.480. The van der Waals surface area contributed by atoms with Gasteiger partial charge in [-0.1, -0.05) is 17.7 Å². The fraction of sp³-hybridized carbons (Fsp3) is 0.500. The lowest BCUT2D eigenvalue weighted by molar-refractivity contribution is -0.443. The Morgan fingerprint density at radius 3 is 3.00 bits per heavy atom. The molecule has 0 saturated carbocycles. The number of aromatic nitrogens is 1. The summed E-state index contributed by atoms with van der Waals surface area (Å²) in [5.74, 6) is 0.721. The van der Waals surface area contributed by atoms with E-state index in [1.807, 2.05) is 11.0 Å². The number of nitrogens with zero attached hydrogens (tertiary/aromatic N) is 4. The van der Waals surface area contributed by atoms with E-state index in [0.717, 1.165) is 37.3 Å². The Balaban J connectivity index is 1.67. The van der Waals surface area contributed by atoms with E-state index >= 15 is 0 Å². The van der Waals surface area contributed by atoms with Crippen LogP contribution in [0.3, 0.4) is 0 Å². The van der Waals surface area contributed by atoms with Crippen molar-refractivity contribution in [3.05, 3.63) is 50.7 Å². The molecule has 0 N–H and O–H groups in total. The highest BCUT2D eigenvalue weighted by molar-refractivity contribution is 6.29. The number of pyridine rings is 1. The molecular weight excluding hydrogens is 308 g/mol. The first kappa shape index (κ1) is 13.8. The Bertz CT molecular complexity index is 648. The molecule has 8 heteroatoms. The maximum atomic E-state index is 11.5. The van der Waals surface area contributed by atoms with Crippen LogP contribution in [0.5, 0.6) is 0 Å². The van der Waals surface area contributed by atoms with E-state index in [1.54, 1.807) is 12.3 Å². The highest BCUT2D eigenvalue weighted by atomic mass is 35.5. The summed E-state index contributed by atoms with van der Waals surface area (Å²) in [4.78, 5) is 19.4. The Labute approximate surface area is 132 Å². The van der Waals surface area contributed by atoms with Gasteiger partial charge in [0.2, 0.25) is 0 Å². The Kier molecular flexibility index (Phi) is 3.19. The first-order valence-electron chi connectivity index (χ1n) is 7.29. The van der Waals surface area contributed by atoms with E-state index in [0.29, 0.717) is 11.7 Å². The number of ether oxygens (including phenoxy) is 1. The summed E-state index contributed by atoms with van der Waals surface area (Å²) in [5, 5.41) is 12.0. The highest BCUT2D eigenvalue weighted by Crippen LogP contribution is 2.41. The fourth-order valence-electron chi connectivity index (χ4n) is 3.48. The molecule has 7 nitrogen and oxygen atoms in total. The number of rotatable bonds is 3. The zero-order chi connectivity index (χ0) is 15.3. The molecule has 22 heavy (non-hydrogen) atoms. The molecule has 4 heterocycles. The van der Waals surface area contributed by atoms with Crippen LogP contribution < -0.4 is 0 Å². The molecule has 0 unspecified atom stereocenters. The number of halogens is 1. The third-order valence-electron chi connectivity index (χ3n) is 4.42. The molecule has 2 bridgehead atoms. The summed E-state index contributed by atoms with van der Waals surface area (Å²) in [7, 11) is 0. The molecule has 2 fully saturated rings. The molecule has 2 atom stereocenters. The zero-order valence-corrected chi connectivity index (χ0v) is 12.6. The van der Waals surface area contributed by atoms with Gasteiger partial charge in [-0.2, -0.15) is 0 Å². The standard InChI is InChI=1S/C14H15ClN4O3/c15-11-3-1-9(7-16-11)8-17-5-6-18-12-4-2-10(22-12)13(14(17)18)19(20)21/h1,3,7,10,12H,2,4-6,8H2/t10-,12+/m0/s1. The molecule has 1 aromatic rings. The second kappa shape index (κ2) is 5.10. The van der Waals surface area contributed by atoms with E-state index in [-0.39, 0.29) is 23.0 Å². The average molecular weight is 323 g/mol. The molecule has 3 aliphatic rings. The summed E-state index contributed by atoms with van der Waals surface area (Å²) in [5.41, 5.74) is 1.19. The summed E-state index contributed by atoms with van der Waals surface area (Å²) >= 11 is 5.80. The smallest absolute Gasteiger partial charge is 0.314 e. The van der Waals surface area contributed by atoms with Crippen molar-refractivity contribution in [2.24, 2.45) is 0 Å². The summed E-state index contributed by atoms with van der Waals surface area (Å²) in [6.45, 7) is 2.10. The van der Waals surface area contributed by atoms with Crippen LogP contribution in [0, 0.1) is 10.1 Å². The lowest BCUT2D eigenvalue weighted by atomic mass is 10.2. The van der Waals surface area contributed by atoms with Crippen molar-refractivity contribution in [2.75, 3.05) is 13.1 Å². The predicted octanol–water partition coefficient (Wildman–Crippen LogP) is 1.82. The molecule has 1 aromatic heterocycles. The third-order valence-corrected chi connectivity index (χ3v) is 4.64. The van der Waals surface area contributed by atoms with Crippen molar-refractivity contribution in [3.63, 3.8) is 0 Å². The molecule has 4 rings (SSSR count). The van der Waals surface area contributed by atoms with Gasteiger partial charge in [-0.15, -0.1) is 0 Å². The molecule has 0 radical (unpaired) electrons. The van der Waals surface area contributed by atoms with Gasteiger partial charge in [-0.05, 0) is 24.5 Å². The number of hydrogen-bond donors (Lipinski definition) is 0. The average Bonchev–Trinajstić information content (AvgIpc) is 3.08. The second-order valence-corrected chi connectivity index (χ2v) is 6.11.